The molecule has 2 N–H and O–H groups in total. The van der Waals surface area contributed by atoms with Crippen LogP contribution in [-0.4, -0.2) is 27.8 Å². The van der Waals surface area contributed by atoms with Crippen molar-refractivity contribution in [3.63, 3.8) is 0 Å². The van der Waals surface area contributed by atoms with Crippen molar-refractivity contribution in [1.29, 1.82) is 0 Å². The van der Waals surface area contributed by atoms with E-state index in [0.29, 0.717) is 5.11 Å². The Morgan fingerprint density at radius 3 is 2.95 bits per heavy atom. The lowest BCUT2D eigenvalue weighted by atomic mass is 10.1. The summed E-state index contributed by atoms with van der Waals surface area (Å²) in [6.45, 7) is 0. The standard InChI is InChI=1S/C14H13N5S2/c1-15-13(20)18-16-9-11-12(10-5-3-2-4-6-10)17-14-19(11)7-8-21-14/h2-9H,1H3,(H2,15,18,20)/b16-9+. The molecule has 5 nitrogen and oxygen atoms in total. The molecule has 0 amide bonds. The SMILES string of the molecule is CNC(=S)N/N=C/c1c(-c2ccccc2)nc2sccn12. The van der Waals surface area contributed by atoms with Crippen molar-refractivity contribution in [1.82, 2.24) is 20.1 Å². The number of benzene rings is 1. The third kappa shape index (κ3) is 2.79. The molecule has 0 atom stereocenters. The van der Waals surface area contributed by atoms with Gasteiger partial charge in [0.05, 0.1) is 17.6 Å². The van der Waals surface area contributed by atoms with Gasteiger partial charge in [0.25, 0.3) is 0 Å². The fraction of sp³-hybridized carbons (Fsp3) is 0.0714. The van der Waals surface area contributed by atoms with Crippen molar-refractivity contribution in [2.45, 2.75) is 0 Å². The minimum absolute atomic E-state index is 0.471. The Labute approximate surface area is 131 Å². The first-order valence-electron chi connectivity index (χ1n) is 6.31. The van der Waals surface area contributed by atoms with Crippen molar-refractivity contribution in [3.05, 3.63) is 47.6 Å². The van der Waals surface area contributed by atoms with Crippen LogP contribution in [0.25, 0.3) is 16.2 Å². The molecule has 0 bridgehead atoms. The molecule has 0 aliphatic heterocycles. The highest BCUT2D eigenvalue weighted by Gasteiger charge is 2.12. The number of aromatic nitrogens is 2. The van der Waals surface area contributed by atoms with Gasteiger partial charge < -0.3 is 5.32 Å². The number of hydrogen-bond donors (Lipinski definition) is 2. The number of imidazole rings is 1. The van der Waals surface area contributed by atoms with E-state index in [4.69, 9.17) is 12.2 Å². The van der Waals surface area contributed by atoms with Gasteiger partial charge in [-0.15, -0.1) is 11.3 Å². The lowest BCUT2D eigenvalue weighted by Gasteiger charge is -2.01. The van der Waals surface area contributed by atoms with Crippen molar-refractivity contribution < 1.29 is 0 Å². The molecule has 106 valence electrons. The lowest BCUT2D eigenvalue weighted by Crippen LogP contribution is -2.28. The Morgan fingerprint density at radius 1 is 1.38 bits per heavy atom. The molecule has 2 aromatic heterocycles. The number of nitrogens with zero attached hydrogens (tertiary/aromatic N) is 3. The molecule has 7 heteroatoms. The number of rotatable bonds is 3. The zero-order chi connectivity index (χ0) is 14.7. The Balaban J connectivity index is 2.02. The minimum atomic E-state index is 0.471. The molecule has 0 saturated carbocycles. The third-order valence-corrected chi connectivity index (χ3v) is 3.98. The fourth-order valence-corrected chi connectivity index (χ4v) is 2.72. The van der Waals surface area contributed by atoms with E-state index in [9.17, 15) is 0 Å². The van der Waals surface area contributed by atoms with Gasteiger partial charge in [-0.2, -0.15) is 5.10 Å². The van der Waals surface area contributed by atoms with Gasteiger partial charge in [0.2, 0.25) is 0 Å². The van der Waals surface area contributed by atoms with Crippen LogP contribution in [0.5, 0.6) is 0 Å². The highest BCUT2D eigenvalue weighted by atomic mass is 32.1. The van der Waals surface area contributed by atoms with E-state index in [1.807, 2.05) is 46.3 Å². The monoisotopic (exact) mass is 315 g/mol. The van der Waals surface area contributed by atoms with Crippen LogP contribution >= 0.6 is 23.6 Å². The largest absolute Gasteiger partial charge is 0.364 e. The van der Waals surface area contributed by atoms with Crippen molar-refractivity contribution >= 4 is 39.8 Å². The summed E-state index contributed by atoms with van der Waals surface area (Å²) in [5, 5.41) is 9.45. The summed E-state index contributed by atoms with van der Waals surface area (Å²) in [6, 6.07) is 10.1. The van der Waals surface area contributed by atoms with E-state index in [-0.39, 0.29) is 0 Å². The van der Waals surface area contributed by atoms with Crippen LogP contribution in [0, 0.1) is 0 Å². The topological polar surface area (TPSA) is 53.7 Å². The third-order valence-electron chi connectivity index (χ3n) is 2.93. The number of hydrogen-bond acceptors (Lipinski definition) is 4. The second-order valence-electron chi connectivity index (χ2n) is 4.22. The van der Waals surface area contributed by atoms with E-state index in [1.165, 1.54) is 0 Å². The van der Waals surface area contributed by atoms with E-state index in [2.05, 4.69) is 20.8 Å². The van der Waals surface area contributed by atoms with Gasteiger partial charge in [-0.1, -0.05) is 30.3 Å². The number of nitrogens with one attached hydrogen (secondary N) is 2. The molecule has 21 heavy (non-hydrogen) atoms. The smallest absolute Gasteiger partial charge is 0.194 e. The van der Waals surface area contributed by atoms with Gasteiger partial charge in [0, 0.05) is 24.2 Å². The van der Waals surface area contributed by atoms with Crippen molar-refractivity contribution in [3.8, 4) is 11.3 Å². The fourth-order valence-electron chi connectivity index (χ4n) is 1.94. The summed E-state index contributed by atoms with van der Waals surface area (Å²) in [5.74, 6) is 0. The Bertz CT molecular complexity index is 788. The number of thiocarbonyl (C=S) groups is 1. The summed E-state index contributed by atoms with van der Waals surface area (Å²) in [4.78, 5) is 5.61. The predicted octanol–water partition coefficient (Wildman–Crippen LogP) is 2.49. The maximum atomic E-state index is 5.00. The van der Waals surface area contributed by atoms with Crippen LogP contribution in [-0.2, 0) is 0 Å². The van der Waals surface area contributed by atoms with Crippen molar-refractivity contribution in [2.24, 2.45) is 5.10 Å². The van der Waals surface area contributed by atoms with E-state index in [1.54, 1.807) is 24.6 Å². The summed E-state index contributed by atoms with van der Waals surface area (Å²) in [7, 11) is 1.75. The van der Waals surface area contributed by atoms with Crippen LogP contribution in [0.2, 0.25) is 0 Å². The molecule has 1 aromatic carbocycles. The summed E-state index contributed by atoms with van der Waals surface area (Å²) in [5.41, 5.74) is 5.65. The molecule has 0 aliphatic carbocycles. The molecule has 3 rings (SSSR count). The molecule has 0 spiro atoms. The summed E-state index contributed by atoms with van der Waals surface area (Å²) >= 11 is 6.59. The van der Waals surface area contributed by atoms with Gasteiger partial charge in [-0.25, -0.2) is 4.98 Å². The van der Waals surface area contributed by atoms with Gasteiger partial charge >= 0.3 is 0 Å². The Morgan fingerprint density at radius 2 is 2.19 bits per heavy atom. The van der Waals surface area contributed by atoms with E-state index >= 15 is 0 Å². The molecule has 0 saturated heterocycles. The first-order valence-corrected chi connectivity index (χ1v) is 7.60. The minimum Gasteiger partial charge on any atom is -0.364 e. The normalized spacial score (nSPS) is 11.1. The lowest BCUT2D eigenvalue weighted by molar-refractivity contribution is 0.979. The molecular formula is C14H13N5S2. The average molecular weight is 315 g/mol. The number of thiazole rings is 1. The zero-order valence-corrected chi connectivity index (χ0v) is 12.9. The second kappa shape index (κ2) is 6.02. The average Bonchev–Trinajstić information content (AvgIpc) is 3.10. The van der Waals surface area contributed by atoms with Gasteiger partial charge in [0.15, 0.2) is 10.1 Å². The van der Waals surface area contributed by atoms with Crippen LogP contribution < -0.4 is 10.7 Å². The number of fused-ring (bicyclic) bond motifs is 1. The van der Waals surface area contributed by atoms with Crippen LogP contribution in [0.15, 0.2) is 47.0 Å². The summed E-state index contributed by atoms with van der Waals surface area (Å²) < 4.78 is 2.01. The van der Waals surface area contributed by atoms with E-state index in [0.717, 1.165) is 21.9 Å². The first-order chi connectivity index (χ1) is 10.3. The number of hydrazone groups is 1. The molecule has 2 heterocycles. The molecular weight excluding hydrogens is 302 g/mol. The van der Waals surface area contributed by atoms with Crippen molar-refractivity contribution in [2.75, 3.05) is 7.05 Å². The maximum Gasteiger partial charge on any atom is 0.194 e. The molecule has 0 radical (unpaired) electrons. The molecule has 0 aliphatic rings. The molecule has 0 unspecified atom stereocenters. The first kappa shape index (κ1) is 13.7. The second-order valence-corrected chi connectivity index (χ2v) is 5.50. The van der Waals surface area contributed by atoms with E-state index < -0.39 is 0 Å². The van der Waals surface area contributed by atoms with Gasteiger partial charge in [-0.3, -0.25) is 9.83 Å². The molecule has 0 fully saturated rings. The highest BCUT2D eigenvalue weighted by molar-refractivity contribution is 7.80. The Hall–Kier alpha value is -2.25. The Kier molecular flexibility index (Phi) is 3.94. The zero-order valence-electron chi connectivity index (χ0n) is 11.3. The van der Waals surface area contributed by atoms with Gasteiger partial charge in [-0.05, 0) is 12.2 Å². The van der Waals surface area contributed by atoms with Crippen LogP contribution in [0.1, 0.15) is 5.69 Å². The molecule has 3 aromatic rings. The quantitative estimate of drug-likeness (QED) is 0.443. The predicted molar refractivity (Wildman–Crippen MR) is 90.9 cm³/mol. The van der Waals surface area contributed by atoms with Crippen LogP contribution in [0.3, 0.4) is 0 Å². The highest BCUT2D eigenvalue weighted by Crippen LogP contribution is 2.25. The maximum absolute atomic E-state index is 5.00. The van der Waals surface area contributed by atoms with Crippen LogP contribution in [0.4, 0.5) is 0 Å². The summed E-state index contributed by atoms with van der Waals surface area (Å²) in [6.07, 6.45) is 3.72. The van der Waals surface area contributed by atoms with Gasteiger partial charge in [0.1, 0.15) is 0 Å².